The van der Waals surface area contributed by atoms with Gasteiger partial charge in [-0.15, -0.1) is 0 Å². The summed E-state index contributed by atoms with van der Waals surface area (Å²) in [7, 11) is 1.60. The van der Waals surface area contributed by atoms with Crippen LogP contribution in [-0.4, -0.2) is 39.0 Å². The zero-order valence-electron chi connectivity index (χ0n) is 17.4. The van der Waals surface area contributed by atoms with Crippen LogP contribution in [0, 0.1) is 0 Å². The van der Waals surface area contributed by atoms with E-state index in [4.69, 9.17) is 4.74 Å². The third-order valence-corrected chi connectivity index (χ3v) is 5.14. The summed E-state index contributed by atoms with van der Waals surface area (Å²) in [5.74, 6) is 0.639. The zero-order valence-corrected chi connectivity index (χ0v) is 17.4. The minimum atomic E-state index is -0.374. The highest BCUT2D eigenvalue weighted by molar-refractivity contribution is 5.75. The number of hydrogen-bond donors (Lipinski definition) is 1. The van der Waals surface area contributed by atoms with Crippen molar-refractivity contribution in [1.82, 2.24) is 24.7 Å². The van der Waals surface area contributed by atoms with E-state index in [9.17, 15) is 9.59 Å². The van der Waals surface area contributed by atoms with Crippen LogP contribution in [0.3, 0.4) is 0 Å². The van der Waals surface area contributed by atoms with Gasteiger partial charge in [0.25, 0.3) is 5.56 Å². The fraction of sp³-hybridized carbons (Fsp3) is 0.217. The molecule has 4 rings (SSSR count). The summed E-state index contributed by atoms with van der Waals surface area (Å²) in [6, 6.07) is 19.0. The van der Waals surface area contributed by atoms with Gasteiger partial charge in [0.15, 0.2) is 0 Å². The molecule has 0 unspecified atom stereocenters. The number of amides is 1. The molecule has 0 saturated heterocycles. The Labute approximate surface area is 179 Å². The number of rotatable bonds is 7. The molecule has 0 fully saturated rings. The van der Waals surface area contributed by atoms with E-state index in [1.807, 2.05) is 61.5 Å². The maximum absolute atomic E-state index is 12.8. The SMILES string of the molecule is COc1ccc(-c2cc3c(=O)n(CC(=O)NC[C@H](C)c4ccccc4)ncn3n2)cc1. The van der Waals surface area contributed by atoms with Crippen LogP contribution in [0.2, 0.25) is 0 Å². The smallest absolute Gasteiger partial charge is 0.293 e. The first kappa shape index (κ1) is 20.3. The normalized spacial score (nSPS) is 11.9. The van der Waals surface area contributed by atoms with Crippen molar-refractivity contribution in [3.63, 3.8) is 0 Å². The Morgan fingerprint density at radius 3 is 2.58 bits per heavy atom. The molecule has 0 spiro atoms. The van der Waals surface area contributed by atoms with E-state index in [-0.39, 0.29) is 23.9 Å². The van der Waals surface area contributed by atoms with Gasteiger partial charge in [-0.2, -0.15) is 10.2 Å². The van der Waals surface area contributed by atoms with Crippen LogP contribution in [0.25, 0.3) is 16.8 Å². The van der Waals surface area contributed by atoms with Crippen LogP contribution in [0.15, 0.2) is 71.8 Å². The highest BCUT2D eigenvalue weighted by atomic mass is 16.5. The first-order valence-electron chi connectivity index (χ1n) is 9.96. The number of methoxy groups -OCH3 is 1. The molecule has 1 N–H and O–H groups in total. The maximum atomic E-state index is 12.8. The Morgan fingerprint density at radius 1 is 1.13 bits per heavy atom. The van der Waals surface area contributed by atoms with Crippen LogP contribution in [0.4, 0.5) is 0 Å². The van der Waals surface area contributed by atoms with Crippen molar-refractivity contribution in [3.05, 3.63) is 82.9 Å². The van der Waals surface area contributed by atoms with Gasteiger partial charge in [-0.3, -0.25) is 9.59 Å². The number of fused-ring (bicyclic) bond motifs is 1. The van der Waals surface area contributed by atoms with E-state index < -0.39 is 0 Å². The number of carbonyl (C=O) groups excluding carboxylic acids is 1. The minimum absolute atomic E-state index is 0.153. The second-order valence-electron chi connectivity index (χ2n) is 7.30. The topological polar surface area (TPSA) is 90.5 Å². The van der Waals surface area contributed by atoms with Crippen molar-refractivity contribution in [2.75, 3.05) is 13.7 Å². The van der Waals surface area contributed by atoms with Gasteiger partial charge < -0.3 is 10.1 Å². The minimum Gasteiger partial charge on any atom is -0.497 e. The molecule has 0 aliphatic rings. The summed E-state index contributed by atoms with van der Waals surface area (Å²) in [5, 5.41) is 11.4. The Hall–Kier alpha value is -3.94. The van der Waals surface area contributed by atoms with Gasteiger partial charge in [0.1, 0.15) is 24.1 Å². The Kier molecular flexibility index (Phi) is 5.79. The van der Waals surface area contributed by atoms with Crippen LogP contribution in [0.1, 0.15) is 18.4 Å². The van der Waals surface area contributed by atoms with Crippen molar-refractivity contribution in [2.45, 2.75) is 19.4 Å². The van der Waals surface area contributed by atoms with E-state index in [0.29, 0.717) is 17.8 Å². The van der Waals surface area contributed by atoms with Gasteiger partial charge >= 0.3 is 0 Å². The summed E-state index contributed by atoms with van der Waals surface area (Å²) in [4.78, 5) is 25.2. The molecule has 2 aromatic heterocycles. The molecule has 0 aliphatic heterocycles. The lowest BCUT2D eigenvalue weighted by Crippen LogP contribution is -2.35. The number of ether oxygens (including phenoxy) is 1. The largest absolute Gasteiger partial charge is 0.497 e. The molecule has 8 heteroatoms. The molecular formula is C23H23N5O3. The first-order chi connectivity index (χ1) is 15.0. The molecule has 1 amide bonds. The summed E-state index contributed by atoms with van der Waals surface area (Å²) in [5.41, 5.74) is 2.61. The highest BCUT2D eigenvalue weighted by Gasteiger charge is 2.13. The molecule has 8 nitrogen and oxygen atoms in total. The first-order valence-corrected chi connectivity index (χ1v) is 9.96. The monoisotopic (exact) mass is 417 g/mol. The molecule has 0 radical (unpaired) electrons. The van der Waals surface area contributed by atoms with Gasteiger partial charge in [-0.25, -0.2) is 9.20 Å². The van der Waals surface area contributed by atoms with Gasteiger partial charge in [0, 0.05) is 12.1 Å². The van der Waals surface area contributed by atoms with Gasteiger partial charge in [-0.05, 0) is 41.8 Å². The summed E-state index contributed by atoms with van der Waals surface area (Å²) < 4.78 is 7.74. The molecule has 2 aromatic carbocycles. The number of aromatic nitrogens is 4. The van der Waals surface area contributed by atoms with E-state index in [2.05, 4.69) is 15.5 Å². The summed E-state index contributed by atoms with van der Waals surface area (Å²) in [6.45, 7) is 2.37. The average Bonchev–Trinajstić information content (AvgIpc) is 3.25. The molecule has 0 saturated carbocycles. The standard InChI is InChI=1S/C23H23N5O3/c1-16(17-6-4-3-5-7-17)13-24-22(29)14-27-23(30)21-12-20(26-28(21)15-25-27)18-8-10-19(31-2)11-9-18/h3-12,15-16H,13-14H2,1-2H3,(H,24,29)/t16-/m0/s1. The van der Waals surface area contributed by atoms with Crippen molar-refractivity contribution < 1.29 is 9.53 Å². The van der Waals surface area contributed by atoms with Crippen molar-refractivity contribution >= 4 is 11.4 Å². The molecule has 0 aliphatic carbocycles. The lowest BCUT2D eigenvalue weighted by molar-refractivity contribution is -0.121. The molecule has 158 valence electrons. The fourth-order valence-corrected chi connectivity index (χ4v) is 3.31. The number of nitrogens with one attached hydrogen (secondary N) is 1. The van der Waals surface area contributed by atoms with Crippen LogP contribution in [0.5, 0.6) is 5.75 Å². The van der Waals surface area contributed by atoms with Gasteiger partial charge in [0.2, 0.25) is 5.91 Å². The fourth-order valence-electron chi connectivity index (χ4n) is 3.31. The second kappa shape index (κ2) is 8.83. The lowest BCUT2D eigenvalue weighted by atomic mass is 10.0. The zero-order chi connectivity index (χ0) is 21.8. The third kappa shape index (κ3) is 4.48. The summed E-state index contributed by atoms with van der Waals surface area (Å²) in [6.07, 6.45) is 1.43. The van der Waals surface area contributed by atoms with Crippen molar-refractivity contribution in [1.29, 1.82) is 0 Å². The Bertz CT molecular complexity index is 1250. The maximum Gasteiger partial charge on any atom is 0.293 e. The van der Waals surface area contributed by atoms with Crippen LogP contribution < -0.4 is 15.6 Å². The van der Waals surface area contributed by atoms with E-state index in [0.717, 1.165) is 21.6 Å². The highest BCUT2D eigenvalue weighted by Crippen LogP contribution is 2.21. The number of benzene rings is 2. The van der Waals surface area contributed by atoms with E-state index in [1.54, 1.807) is 13.2 Å². The molecule has 0 bridgehead atoms. The van der Waals surface area contributed by atoms with E-state index >= 15 is 0 Å². The van der Waals surface area contributed by atoms with Crippen LogP contribution in [-0.2, 0) is 11.3 Å². The number of carbonyl (C=O) groups is 1. The van der Waals surface area contributed by atoms with Gasteiger partial charge in [-0.1, -0.05) is 37.3 Å². The molecule has 4 aromatic rings. The molecule has 1 atom stereocenters. The Morgan fingerprint density at radius 2 is 1.87 bits per heavy atom. The van der Waals surface area contributed by atoms with Crippen molar-refractivity contribution in [3.8, 4) is 17.0 Å². The molecule has 31 heavy (non-hydrogen) atoms. The quantitative estimate of drug-likeness (QED) is 0.499. The third-order valence-electron chi connectivity index (χ3n) is 5.14. The number of hydrogen-bond acceptors (Lipinski definition) is 5. The predicted octanol–water partition coefficient (Wildman–Crippen LogP) is 2.49. The number of nitrogens with zero attached hydrogens (tertiary/aromatic N) is 4. The second-order valence-corrected chi connectivity index (χ2v) is 7.30. The lowest BCUT2D eigenvalue weighted by Gasteiger charge is -2.13. The van der Waals surface area contributed by atoms with Crippen LogP contribution >= 0.6 is 0 Å². The summed E-state index contributed by atoms with van der Waals surface area (Å²) >= 11 is 0. The average molecular weight is 417 g/mol. The Balaban J connectivity index is 1.47. The van der Waals surface area contributed by atoms with E-state index in [1.165, 1.54) is 10.8 Å². The van der Waals surface area contributed by atoms with Crippen molar-refractivity contribution in [2.24, 2.45) is 0 Å². The molecular weight excluding hydrogens is 394 g/mol. The molecule has 2 heterocycles. The predicted molar refractivity (Wildman–Crippen MR) is 117 cm³/mol. The van der Waals surface area contributed by atoms with Gasteiger partial charge in [0.05, 0.1) is 12.8 Å².